The molecule has 3 unspecified atom stereocenters. The Labute approximate surface area is 430 Å². The van der Waals surface area contributed by atoms with E-state index in [1.807, 2.05) is 43.3 Å². The van der Waals surface area contributed by atoms with Crippen LogP contribution in [0.2, 0.25) is 0 Å². The number of methoxy groups -OCH3 is 1. The second-order valence-corrected chi connectivity index (χ2v) is 18.1. The quantitative estimate of drug-likeness (QED) is 0.0281. The highest BCUT2D eigenvalue weighted by Gasteiger charge is 2.37. The fourth-order valence-electron chi connectivity index (χ4n) is 7.53. The summed E-state index contributed by atoms with van der Waals surface area (Å²) in [6.07, 6.45) is 4.40. The van der Waals surface area contributed by atoms with Gasteiger partial charge in [0, 0.05) is 39.6 Å². The van der Waals surface area contributed by atoms with Crippen molar-refractivity contribution in [1.82, 2.24) is 36.8 Å². The predicted molar refractivity (Wildman–Crippen MR) is 275 cm³/mol. The van der Waals surface area contributed by atoms with Gasteiger partial charge in [0.2, 0.25) is 35.4 Å². The smallest absolute Gasteiger partial charge is 0.327 e. The third-order valence-electron chi connectivity index (χ3n) is 12.2. The van der Waals surface area contributed by atoms with Crippen LogP contribution in [0.15, 0.2) is 76.4 Å². The predicted octanol–water partition coefficient (Wildman–Crippen LogP) is -1.37. The summed E-state index contributed by atoms with van der Waals surface area (Å²) in [4.78, 5) is 130. The normalized spacial score (nSPS) is 24.6. The number of guanidine groups is 2. The lowest BCUT2D eigenvalue weighted by atomic mass is 9.94. The first-order chi connectivity index (χ1) is 34.8. The number of carbonyl (C=O) groups excluding carboxylic acids is 7. The molecule has 16 N–H and O–H groups in total. The fourth-order valence-corrected chi connectivity index (χ4v) is 7.53. The van der Waals surface area contributed by atoms with Crippen LogP contribution in [0.5, 0.6) is 0 Å². The number of nitrogens with one attached hydrogen (secondary N) is 6. The lowest BCUT2D eigenvalue weighted by molar-refractivity contribution is -0.146. The summed E-state index contributed by atoms with van der Waals surface area (Å²) in [5.41, 5.74) is 23.2. The Bertz CT molecular complexity index is 2280. The summed E-state index contributed by atoms with van der Waals surface area (Å²) in [5.74, 6) is -13.1. The number of carboxylic acid groups (broad SMARTS) is 2. The van der Waals surface area contributed by atoms with Crippen LogP contribution in [0.25, 0.3) is 0 Å². The van der Waals surface area contributed by atoms with E-state index in [9.17, 15) is 53.4 Å². The molecule has 25 nitrogen and oxygen atoms in total. The van der Waals surface area contributed by atoms with Crippen LogP contribution in [-0.2, 0) is 54.3 Å². The Morgan fingerprint density at radius 1 is 0.784 bits per heavy atom. The highest BCUT2D eigenvalue weighted by Crippen LogP contribution is 2.19. The molecule has 0 aromatic heterocycles. The molecule has 1 fully saturated rings. The Kier molecular flexibility index (Phi) is 26.0. The summed E-state index contributed by atoms with van der Waals surface area (Å²) in [6, 6.07) is 0.633. The van der Waals surface area contributed by atoms with Gasteiger partial charge in [0.1, 0.15) is 35.9 Å². The molecule has 10 atom stereocenters. The van der Waals surface area contributed by atoms with Crippen LogP contribution in [0.3, 0.4) is 0 Å². The third kappa shape index (κ3) is 21.1. The molecule has 1 aromatic rings. The molecule has 1 aliphatic heterocycles. The van der Waals surface area contributed by atoms with Crippen molar-refractivity contribution in [3.8, 4) is 0 Å². The first kappa shape index (κ1) is 62.3. The van der Waals surface area contributed by atoms with Gasteiger partial charge in [-0.1, -0.05) is 81.5 Å². The molecule has 0 radical (unpaired) electrons. The van der Waals surface area contributed by atoms with Crippen molar-refractivity contribution in [2.75, 3.05) is 27.2 Å². The van der Waals surface area contributed by atoms with E-state index >= 15 is 0 Å². The van der Waals surface area contributed by atoms with Crippen molar-refractivity contribution in [3.05, 3.63) is 72.0 Å². The maximum atomic E-state index is 14.4. The largest absolute Gasteiger partial charge is 0.480 e. The van der Waals surface area contributed by atoms with Crippen LogP contribution in [0.4, 0.5) is 0 Å². The Morgan fingerprint density at radius 3 is 1.85 bits per heavy atom. The summed E-state index contributed by atoms with van der Waals surface area (Å²) >= 11 is 0. The summed E-state index contributed by atoms with van der Waals surface area (Å²) in [6.45, 7) is 11.2. The minimum atomic E-state index is -1.95. The SMILES string of the molecule is C=C1C(=O)N[C@H](C)C(=O)N[C@@H](CCCN=C(N)N)C(=O)NC(C(=O)O)[C@H](C)C(=O)NC(CCCN=C(N)N)C(=O)NC(/C=C/C(C)=C\[C@H](C)[C@H](Cc2ccccc2)OC)[C@H](C)C(=O)N[C@@H](C(=O)O)CCC(=O)N1C. The average Bonchev–Trinajstić information content (AvgIpc) is 3.34. The summed E-state index contributed by atoms with van der Waals surface area (Å²) < 4.78 is 5.81. The number of amides is 7. The summed E-state index contributed by atoms with van der Waals surface area (Å²) in [5, 5.41) is 35.4. The number of rotatable bonds is 17. The van der Waals surface area contributed by atoms with E-state index in [-0.39, 0.29) is 62.7 Å². The molecular formula is C49H75N13O12. The lowest BCUT2D eigenvalue weighted by Crippen LogP contribution is -2.59. The highest BCUT2D eigenvalue weighted by atomic mass is 16.5. The highest BCUT2D eigenvalue weighted by molar-refractivity contribution is 6.00. The van der Waals surface area contributed by atoms with Crippen molar-refractivity contribution in [3.63, 3.8) is 0 Å². The van der Waals surface area contributed by atoms with Gasteiger partial charge in [-0.05, 0) is 57.9 Å². The van der Waals surface area contributed by atoms with Gasteiger partial charge >= 0.3 is 11.9 Å². The van der Waals surface area contributed by atoms with Gasteiger partial charge in [-0.2, -0.15) is 0 Å². The number of nitrogens with zero attached hydrogens (tertiary/aromatic N) is 3. The Balaban J connectivity index is 2.74. The van der Waals surface area contributed by atoms with Crippen molar-refractivity contribution in [2.24, 2.45) is 50.7 Å². The standard InChI is InChI=1S/C49H75N13O12/c1-26(24-27(2)37(74-8)25-32-14-10-9-11-15-32)18-19-33-28(3)40(64)60-36(46(70)71)20-21-38(63)62(7)31(6)43(67)56-30(5)42(66)59-35(17-13-23-55-49(52)53)45(69)61-39(47(72)73)29(4)41(65)58-34(44(68)57-33)16-12-22-54-48(50)51/h9-11,14-15,18-19,24,27-30,33-37,39H,6,12-13,16-17,20-23,25H2,1-5,7-8H3,(H,56,67)(H,57,68)(H,58,65)(H,59,66)(H,60,64)(H,61,69)(H,70,71)(H,72,73)(H4,50,51,54)(H4,52,53,55)/b19-18+,26-24-/t27-,28-,29-,30+,33?,34?,35-,36+,37-,39?/m0/s1. The number of aliphatic imine (C=N–C) groups is 2. The van der Waals surface area contributed by atoms with E-state index in [2.05, 4.69) is 48.5 Å². The molecular weight excluding hydrogens is 963 g/mol. The second-order valence-electron chi connectivity index (χ2n) is 18.1. The minimum Gasteiger partial charge on any atom is -0.480 e. The van der Waals surface area contributed by atoms with Gasteiger partial charge in [-0.15, -0.1) is 0 Å². The molecule has 0 saturated carbocycles. The monoisotopic (exact) mass is 1040 g/mol. The number of aliphatic carboxylic acids is 2. The van der Waals surface area contributed by atoms with Crippen LogP contribution < -0.4 is 54.8 Å². The number of carbonyl (C=O) groups is 9. The zero-order valence-electron chi connectivity index (χ0n) is 43.1. The van der Waals surface area contributed by atoms with Crippen LogP contribution >= 0.6 is 0 Å². The van der Waals surface area contributed by atoms with Gasteiger partial charge in [-0.25, -0.2) is 9.59 Å². The van der Waals surface area contributed by atoms with Crippen molar-refractivity contribution >= 4 is 65.2 Å². The van der Waals surface area contributed by atoms with Crippen LogP contribution in [-0.4, -0.2) is 150 Å². The number of ether oxygens (including phenoxy) is 1. The van der Waals surface area contributed by atoms with Crippen LogP contribution in [0, 0.1) is 17.8 Å². The number of hydrogen-bond acceptors (Lipinski definition) is 12. The van der Waals surface area contributed by atoms with E-state index < -0.39 is 120 Å². The maximum Gasteiger partial charge on any atom is 0.327 e. The molecule has 0 aliphatic carbocycles. The first-order valence-corrected chi connectivity index (χ1v) is 24.1. The van der Waals surface area contributed by atoms with Crippen molar-refractivity contribution in [1.29, 1.82) is 0 Å². The van der Waals surface area contributed by atoms with E-state index in [0.717, 1.165) is 10.5 Å². The molecule has 1 aromatic carbocycles. The van der Waals surface area contributed by atoms with Gasteiger partial charge in [-0.3, -0.25) is 43.5 Å². The number of hydrogen-bond donors (Lipinski definition) is 12. The van der Waals surface area contributed by atoms with Gasteiger partial charge in [0.15, 0.2) is 11.9 Å². The van der Waals surface area contributed by atoms with E-state index in [1.165, 1.54) is 33.9 Å². The van der Waals surface area contributed by atoms with E-state index in [0.29, 0.717) is 12.0 Å². The zero-order valence-corrected chi connectivity index (χ0v) is 43.1. The molecule has 1 saturated heterocycles. The molecule has 1 aliphatic rings. The van der Waals surface area contributed by atoms with Gasteiger partial charge < -0.3 is 74.7 Å². The molecule has 25 heteroatoms. The topological polar surface area (TPSA) is 408 Å². The number of benzene rings is 1. The van der Waals surface area contributed by atoms with Gasteiger partial charge in [0.05, 0.1) is 24.0 Å². The zero-order chi connectivity index (χ0) is 55.8. The minimum absolute atomic E-state index is 0.00394. The lowest BCUT2D eigenvalue weighted by Gasteiger charge is -2.28. The molecule has 1 heterocycles. The van der Waals surface area contributed by atoms with Crippen LogP contribution in [0.1, 0.15) is 78.7 Å². The van der Waals surface area contributed by atoms with E-state index in [1.54, 1.807) is 20.1 Å². The van der Waals surface area contributed by atoms with Crippen molar-refractivity contribution in [2.45, 2.75) is 122 Å². The molecule has 7 amide bonds. The Morgan fingerprint density at radius 2 is 1.32 bits per heavy atom. The molecule has 0 spiro atoms. The van der Waals surface area contributed by atoms with Gasteiger partial charge in [0.25, 0.3) is 5.91 Å². The maximum absolute atomic E-state index is 14.4. The average molecular weight is 1040 g/mol. The summed E-state index contributed by atoms with van der Waals surface area (Å²) in [7, 11) is 2.80. The fraction of sp³-hybridized carbons (Fsp3) is 0.531. The number of likely N-dealkylation sites (N-methyl/N-ethyl adjacent to an activating group) is 1. The first-order valence-electron chi connectivity index (χ1n) is 24.1. The second kappa shape index (κ2) is 30.9. The number of carboxylic acids is 2. The molecule has 0 bridgehead atoms. The Hall–Kier alpha value is -7.83. The number of allylic oxidation sites excluding steroid dienone is 2. The molecule has 74 heavy (non-hydrogen) atoms. The van der Waals surface area contributed by atoms with E-state index in [4.69, 9.17) is 27.7 Å². The molecule has 408 valence electrons. The third-order valence-corrected chi connectivity index (χ3v) is 12.2. The van der Waals surface area contributed by atoms with Crippen molar-refractivity contribution < 1.29 is 58.1 Å². The number of nitrogens with two attached hydrogens (primary N) is 4. The molecule has 2 rings (SSSR count).